The fraction of sp³-hybridized carbons (Fsp3) is 0.625. The van der Waals surface area contributed by atoms with Crippen LogP contribution in [0.25, 0.3) is 0 Å². The van der Waals surface area contributed by atoms with Crippen LogP contribution in [-0.2, 0) is 6.54 Å². The molecule has 0 radical (unpaired) electrons. The first-order valence-corrected chi connectivity index (χ1v) is 7.50. The zero-order valence-electron chi connectivity index (χ0n) is 11.6. The van der Waals surface area contributed by atoms with Crippen LogP contribution >= 0.6 is 0 Å². The first-order valence-electron chi connectivity index (χ1n) is 7.50. The van der Waals surface area contributed by atoms with Gasteiger partial charge in [0.2, 0.25) is 0 Å². The minimum absolute atomic E-state index is 0.736. The number of hydrogen-bond acceptors (Lipinski definition) is 3. The number of ether oxygens (including phenoxy) is 1. The third-order valence-corrected chi connectivity index (χ3v) is 4.64. The Bertz CT molecular complexity index is 421. The minimum atomic E-state index is 0.736. The lowest BCUT2D eigenvalue weighted by atomic mass is 9.95. The van der Waals surface area contributed by atoms with E-state index in [9.17, 15) is 0 Å². The zero-order chi connectivity index (χ0) is 13.1. The van der Waals surface area contributed by atoms with Gasteiger partial charge in [0.1, 0.15) is 12.4 Å². The lowest BCUT2D eigenvalue weighted by Crippen LogP contribution is -2.34. The van der Waals surface area contributed by atoms with Crippen LogP contribution in [0.2, 0.25) is 0 Å². The van der Waals surface area contributed by atoms with Crippen LogP contribution in [0.5, 0.6) is 5.75 Å². The van der Waals surface area contributed by atoms with Crippen LogP contribution in [0, 0.1) is 11.8 Å². The van der Waals surface area contributed by atoms with Gasteiger partial charge in [-0.3, -0.25) is 4.90 Å². The second kappa shape index (κ2) is 5.93. The summed E-state index contributed by atoms with van der Waals surface area (Å²) in [6.07, 6.45) is 4.02. The first kappa shape index (κ1) is 12.9. The summed E-state index contributed by atoms with van der Waals surface area (Å²) >= 11 is 0. The fourth-order valence-electron chi connectivity index (χ4n) is 3.53. The Morgan fingerprint density at radius 3 is 2.95 bits per heavy atom. The van der Waals surface area contributed by atoms with E-state index in [2.05, 4.69) is 29.2 Å². The summed E-state index contributed by atoms with van der Waals surface area (Å²) in [4.78, 5) is 2.55. The molecular formula is C16H24N2O. The molecule has 2 unspecified atom stereocenters. The van der Waals surface area contributed by atoms with E-state index in [1.165, 1.54) is 31.4 Å². The maximum atomic E-state index is 5.89. The summed E-state index contributed by atoms with van der Waals surface area (Å²) in [7, 11) is 0. The SMILES string of the molecule is NCC1CCCC1CN1CCOc2ccccc2C1. The lowest BCUT2D eigenvalue weighted by molar-refractivity contribution is 0.182. The molecular weight excluding hydrogens is 236 g/mol. The maximum Gasteiger partial charge on any atom is 0.123 e. The Hall–Kier alpha value is -1.06. The number of fused-ring (bicyclic) bond motifs is 1. The Morgan fingerprint density at radius 2 is 2.05 bits per heavy atom. The van der Waals surface area contributed by atoms with Crippen LogP contribution in [0.1, 0.15) is 24.8 Å². The van der Waals surface area contributed by atoms with Crippen LogP contribution in [0.4, 0.5) is 0 Å². The highest BCUT2D eigenvalue weighted by molar-refractivity contribution is 5.33. The van der Waals surface area contributed by atoms with Crippen molar-refractivity contribution in [1.82, 2.24) is 4.90 Å². The number of nitrogens with zero attached hydrogens (tertiary/aromatic N) is 1. The average molecular weight is 260 g/mol. The highest BCUT2D eigenvalue weighted by Gasteiger charge is 2.28. The van der Waals surface area contributed by atoms with Gasteiger partial charge in [0, 0.05) is 25.2 Å². The molecule has 1 aromatic rings. The predicted molar refractivity (Wildman–Crippen MR) is 77.1 cm³/mol. The molecule has 3 heteroatoms. The molecule has 2 atom stereocenters. The van der Waals surface area contributed by atoms with Gasteiger partial charge in [0.25, 0.3) is 0 Å². The van der Waals surface area contributed by atoms with E-state index in [1.807, 2.05) is 0 Å². The third-order valence-electron chi connectivity index (χ3n) is 4.64. The molecule has 0 bridgehead atoms. The van der Waals surface area contributed by atoms with Crippen molar-refractivity contribution in [2.75, 3.05) is 26.2 Å². The van der Waals surface area contributed by atoms with E-state index in [0.29, 0.717) is 0 Å². The average Bonchev–Trinajstić information content (AvgIpc) is 2.77. The highest BCUT2D eigenvalue weighted by Crippen LogP contribution is 2.32. The summed E-state index contributed by atoms with van der Waals surface area (Å²) < 4.78 is 5.83. The van der Waals surface area contributed by atoms with Crippen LogP contribution in [-0.4, -0.2) is 31.1 Å². The fourth-order valence-corrected chi connectivity index (χ4v) is 3.53. The van der Waals surface area contributed by atoms with Crippen molar-refractivity contribution in [3.8, 4) is 5.75 Å². The topological polar surface area (TPSA) is 38.5 Å². The molecule has 1 heterocycles. The van der Waals surface area contributed by atoms with E-state index in [1.54, 1.807) is 0 Å². The van der Waals surface area contributed by atoms with Gasteiger partial charge in [-0.2, -0.15) is 0 Å². The molecule has 0 amide bonds. The van der Waals surface area contributed by atoms with E-state index in [4.69, 9.17) is 10.5 Å². The first-order chi connectivity index (χ1) is 9.36. The van der Waals surface area contributed by atoms with Gasteiger partial charge in [0.05, 0.1) is 0 Å². The molecule has 3 nitrogen and oxygen atoms in total. The normalized spacial score (nSPS) is 27.6. The molecule has 2 N–H and O–H groups in total. The van der Waals surface area contributed by atoms with Gasteiger partial charge in [-0.15, -0.1) is 0 Å². The predicted octanol–water partition coefficient (Wildman–Crippen LogP) is 2.26. The molecule has 1 saturated carbocycles. The van der Waals surface area contributed by atoms with Crippen molar-refractivity contribution >= 4 is 0 Å². The molecule has 1 aliphatic heterocycles. The Labute approximate surface area is 115 Å². The molecule has 0 aromatic heterocycles. The second-order valence-electron chi connectivity index (χ2n) is 5.88. The maximum absolute atomic E-state index is 5.89. The number of para-hydroxylation sites is 1. The van der Waals surface area contributed by atoms with Crippen molar-refractivity contribution in [3.05, 3.63) is 29.8 Å². The largest absolute Gasteiger partial charge is 0.492 e. The lowest BCUT2D eigenvalue weighted by Gasteiger charge is -2.26. The van der Waals surface area contributed by atoms with E-state index in [-0.39, 0.29) is 0 Å². The Morgan fingerprint density at radius 1 is 1.21 bits per heavy atom. The van der Waals surface area contributed by atoms with E-state index < -0.39 is 0 Å². The van der Waals surface area contributed by atoms with Crippen molar-refractivity contribution < 1.29 is 4.74 Å². The second-order valence-corrected chi connectivity index (χ2v) is 5.88. The van der Waals surface area contributed by atoms with Gasteiger partial charge in [-0.1, -0.05) is 24.6 Å². The summed E-state index contributed by atoms with van der Waals surface area (Å²) in [5.74, 6) is 2.58. The molecule has 0 spiro atoms. The number of nitrogens with two attached hydrogens (primary N) is 1. The van der Waals surface area contributed by atoms with Crippen molar-refractivity contribution in [2.24, 2.45) is 17.6 Å². The van der Waals surface area contributed by atoms with E-state index in [0.717, 1.165) is 43.8 Å². The quantitative estimate of drug-likeness (QED) is 0.906. The smallest absolute Gasteiger partial charge is 0.123 e. The number of benzene rings is 1. The van der Waals surface area contributed by atoms with Gasteiger partial charge in [-0.25, -0.2) is 0 Å². The Balaban J connectivity index is 1.66. The highest BCUT2D eigenvalue weighted by atomic mass is 16.5. The van der Waals surface area contributed by atoms with Gasteiger partial charge in [-0.05, 0) is 37.3 Å². The standard InChI is InChI=1S/C16H24N2O/c17-10-13-5-3-6-14(13)11-18-8-9-19-16-7-2-1-4-15(16)12-18/h1-2,4,7,13-14H,3,5-6,8-12,17H2. The molecule has 19 heavy (non-hydrogen) atoms. The zero-order valence-corrected chi connectivity index (χ0v) is 11.6. The summed E-state index contributed by atoms with van der Waals surface area (Å²) in [6.45, 7) is 4.88. The monoisotopic (exact) mass is 260 g/mol. The summed E-state index contributed by atoms with van der Waals surface area (Å²) in [5, 5.41) is 0. The van der Waals surface area contributed by atoms with E-state index >= 15 is 0 Å². The van der Waals surface area contributed by atoms with Gasteiger partial charge in [0.15, 0.2) is 0 Å². The van der Waals surface area contributed by atoms with Crippen LogP contribution < -0.4 is 10.5 Å². The van der Waals surface area contributed by atoms with Crippen molar-refractivity contribution in [3.63, 3.8) is 0 Å². The number of rotatable bonds is 3. The van der Waals surface area contributed by atoms with Gasteiger partial charge >= 0.3 is 0 Å². The van der Waals surface area contributed by atoms with Gasteiger partial charge < -0.3 is 10.5 Å². The molecule has 3 rings (SSSR count). The van der Waals surface area contributed by atoms with Crippen molar-refractivity contribution in [2.45, 2.75) is 25.8 Å². The van der Waals surface area contributed by atoms with Crippen LogP contribution in [0.15, 0.2) is 24.3 Å². The molecule has 1 aromatic carbocycles. The third kappa shape index (κ3) is 2.93. The van der Waals surface area contributed by atoms with Crippen LogP contribution in [0.3, 0.4) is 0 Å². The molecule has 104 valence electrons. The molecule has 0 saturated heterocycles. The Kier molecular flexibility index (Phi) is 4.04. The molecule has 1 fully saturated rings. The molecule has 1 aliphatic carbocycles. The minimum Gasteiger partial charge on any atom is -0.492 e. The number of hydrogen-bond donors (Lipinski definition) is 1. The molecule has 2 aliphatic rings. The van der Waals surface area contributed by atoms with Crippen molar-refractivity contribution in [1.29, 1.82) is 0 Å². The summed E-state index contributed by atoms with van der Waals surface area (Å²) in [5.41, 5.74) is 7.22. The summed E-state index contributed by atoms with van der Waals surface area (Å²) in [6, 6.07) is 8.42.